The van der Waals surface area contributed by atoms with Crippen LogP contribution in [0, 0.1) is 5.41 Å². The lowest BCUT2D eigenvalue weighted by Crippen LogP contribution is -2.40. The van der Waals surface area contributed by atoms with Gasteiger partial charge in [-0.05, 0) is 11.6 Å². The summed E-state index contributed by atoms with van der Waals surface area (Å²) in [4.78, 5) is 13.6. The number of carbonyl (C=O) groups is 1. The summed E-state index contributed by atoms with van der Waals surface area (Å²) in [6.07, 6.45) is 0.908. The first kappa shape index (κ1) is 13.6. The zero-order valence-electron chi connectivity index (χ0n) is 8.28. The Kier molecular flexibility index (Phi) is 4.03. The molecule has 1 atom stereocenters. The largest absolute Gasteiger partial charge is 0.294 e. The molecule has 0 aromatic heterocycles. The van der Waals surface area contributed by atoms with E-state index >= 15 is 0 Å². The van der Waals surface area contributed by atoms with Crippen LogP contribution in [-0.2, 0) is 14.9 Å². The van der Waals surface area contributed by atoms with Crippen LogP contribution >= 0.6 is 0 Å². The third-order valence-electron chi connectivity index (χ3n) is 1.88. The van der Waals surface area contributed by atoms with Gasteiger partial charge in [-0.15, -0.1) is 0 Å². The number of azide groups is 1. The molecule has 0 saturated carbocycles. The third-order valence-corrected chi connectivity index (χ3v) is 3.12. The fourth-order valence-electron chi connectivity index (χ4n) is 1.01. The van der Waals surface area contributed by atoms with Gasteiger partial charge in [0.05, 0.1) is 5.41 Å². The minimum atomic E-state index is -4.63. The molecule has 0 aliphatic heterocycles. The van der Waals surface area contributed by atoms with Crippen molar-refractivity contribution in [1.82, 2.24) is 0 Å². The molecule has 0 spiro atoms. The van der Waals surface area contributed by atoms with E-state index in [0.717, 1.165) is 6.08 Å². The Morgan fingerprint density at radius 1 is 1.67 bits per heavy atom. The van der Waals surface area contributed by atoms with Crippen LogP contribution in [-0.4, -0.2) is 24.1 Å². The van der Waals surface area contributed by atoms with Crippen molar-refractivity contribution in [2.75, 3.05) is 0 Å². The Hall–Kier alpha value is -1.37. The Balaban J connectivity index is 5.56. The summed E-state index contributed by atoms with van der Waals surface area (Å²) < 4.78 is 30.6. The zero-order valence-corrected chi connectivity index (χ0v) is 9.10. The lowest BCUT2D eigenvalue weighted by molar-refractivity contribution is -0.122. The second-order valence-electron chi connectivity index (χ2n) is 3.36. The van der Waals surface area contributed by atoms with Gasteiger partial charge in [0, 0.05) is 4.91 Å². The molecule has 0 radical (unpaired) electrons. The molecule has 15 heavy (non-hydrogen) atoms. The molecule has 0 amide bonds. The molecular weight excluding hydrogens is 222 g/mol. The van der Waals surface area contributed by atoms with Crippen LogP contribution in [0.2, 0.25) is 0 Å². The van der Waals surface area contributed by atoms with E-state index in [4.69, 9.17) is 10.1 Å². The van der Waals surface area contributed by atoms with E-state index < -0.39 is 26.7 Å². The first-order chi connectivity index (χ1) is 6.67. The molecule has 0 rings (SSSR count). The highest BCUT2D eigenvalue weighted by atomic mass is 32.2. The van der Waals surface area contributed by atoms with Crippen LogP contribution in [0.1, 0.15) is 13.8 Å². The molecular formula is C7H11N3O4S. The van der Waals surface area contributed by atoms with Gasteiger partial charge in [-0.3, -0.25) is 9.35 Å². The van der Waals surface area contributed by atoms with E-state index in [1.54, 1.807) is 0 Å². The molecule has 0 aliphatic carbocycles. The predicted octanol–water partition coefficient (Wildman–Crippen LogP) is 1.29. The van der Waals surface area contributed by atoms with Crippen LogP contribution in [0.3, 0.4) is 0 Å². The maximum Gasteiger partial charge on any atom is 0.274 e. The van der Waals surface area contributed by atoms with Crippen LogP contribution in [0.25, 0.3) is 10.4 Å². The summed E-state index contributed by atoms with van der Waals surface area (Å²) in [6, 6.07) is 0. The molecule has 7 nitrogen and oxygen atoms in total. The van der Waals surface area contributed by atoms with E-state index in [1.807, 2.05) is 0 Å². The van der Waals surface area contributed by atoms with Gasteiger partial charge in [-0.25, -0.2) is 0 Å². The van der Waals surface area contributed by atoms with E-state index in [2.05, 4.69) is 16.6 Å². The molecule has 0 aromatic rings. The van der Waals surface area contributed by atoms with Crippen molar-refractivity contribution >= 4 is 15.9 Å². The number of rotatable bonds is 5. The fourth-order valence-corrected chi connectivity index (χ4v) is 2.03. The Labute approximate surface area is 87.2 Å². The second kappa shape index (κ2) is 4.43. The summed E-state index contributed by atoms with van der Waals surface area (Å²) in [5.41, 5.74) is 6.61. The Morgan fingerprint density at radius 2 is 2.13 bits per heavy atom. The van der Waals surface area contributed by atoms with Gasteiger partial charge in [0.1, 0.15) is 0 Å². The highest BCUT2D eigenvalue weighted by molar-refractivity contribution is 7.86. The van der Waals surface area contributed by atoms with Crippen molar-refractivity contribution in [2.24, 2.45) is 10.5 Å². The van der Waals surface area contributed by atoms with Crippen LogP contribution in [0.5, 0.6) is 0 Å². The standard InChI is InChI=1S/C7H11N3O4S/c1-4-5(11)7(2,3)6(9-10-8)15(12,13)14/h4,6H,1H2,2-3H3,(H,12,13,14). The first-order valence-electron chi connectivity index (χ1n) is 3.85. The van der Waals surface area contributed by atoms with E-state index in [9.17, 15) is 13.2 Å². The van der Waals surface area contributed by atoms with Gasteiger partial charge in [-0.1, -0.05) is 25.5 Å². The molecule has 0 saturated heterocycles. The first-order valence-corrected chi connectivity index (χ1v) is 5.35. The van der Waals surface area contributed by atoms with Gasteiger partial charge in [0.2, 0.25) is 0 Å². The summed E-state index contributed by atoms with van der Waals surface area (Å²) in [5.74, 6) is -0.641. The molecule has 0 fully saturated rings. The van der Waals surface area contributed by atoms with Crippen LogP contribution in [0.4, 0.5) is 0 Å². The van der Waals surface area contributed by atoms with Crippen LogP contribution < -0.4 is 0 Å². The van der Waals surface area contributed by atoms with Crippen molar-refractivity contribution in [3.8, 4) is 0 Å². The number of allylic oxidation sites excluding steroid dienone is 1. The van der Waals surface area contributed by atoms with Gasteiger partial charge < -0.3 is 0 Å². The summed E-state index contributed by atoms with van der Waals surface area (Å²) in [6.45, 7) is 5.67. The number of hydrogen-bond acceptors (Lipinski definition) is 4. The average Bonchev–Trinajstić information content (AvgIpc) is 2.10. The minimum Gasteiger partial charge on any atom is -0.294 e. The summed E-state index contributed by atoms with van der Waals surface area (Å²) in [5, 5.41) is 1.05. The van der Waals surface area contributed by atoms with E-state index in [0.29, 0.717) is 0 Å². The van der Waals surface area contributed by atoms with E-state index in [1.165, 1.54) is 13.8 Å². The monoisotopic (exact) mass is 233 g/mol. The van der Waals surface area contributed by atoms with Crippen molar-refractivity contribution < 1.29 is 17.8 Å². The highest BCUT2D eigenvalue weighted by Gasteiger charge is 2.42. The number of nitrogens with zero attached hydrogens (tertiary/aromatic N) is 3. The lowest BCUT2D eigenvalue weighted by Gasteiger charge is -2.25. The van der Waals surface area contributed by atoms with Gasteiger partial charge in [-0.2, -0.15) is 8.42 Å². The SMILES string of the molecule is C=CC(=O)C(C)(C)C(N=[N+]=[N-])S(=O)(=O)O. The van der Waals surface area contributed by atoms with Crippen molar-refractivity contribution in [2.45, 2.75) is 19.2 Å². The summed E-state index contributed by atoms with van der Waals surface area (Å²) >= 11 is 0. The van der Waals surface area contributed by atoms with Gasteiger partial charge in [0.15, 0.2) is 11.2 Å². The zero-order chi connectivity index (χ0) is 12.3. The van der Waals surface area contributed by atoms with Crippen LogP contribution in [0.15, 0.2) is 17.8 Å². The number of carbonyl (C=O) groups excluding carboxylic acids is 1. The van der Waals surface area contributed by atoms with Crippen molar-refractivity contribution in [3.63, 3.8) is 0 Å². The maximum atomic E-state index is 11.3. The Bertz CT molecular complexity index is 420. The predicted molar refractivity (Wildman–Crippen MR) is 53.5 cm³/mol. The normalized spacial score (nSPS) is 13.8. The molecule has 1 N–H and O–H groups in total. The van der Waals surface area contributed by atoms with E-state index in [-0.39, 0.29) is 0 Å². The smallest absolute Gasteiger partial charge is 0.274 e. The molecule has 0 heterocycles. The summed E-state index contributed by atoms with van der Waals surface area (Å²) in [7, 11) is -4.63. The third kappa shape index (κ3) is 3.05. The molecule has 84 valence electrons. The van der Waals surface area contributed by atoms with Gasteiger partial charge in [0.25, 0.3) is 10.1 Å². The number of hydrogen-bond donors (Lipinski definition) is 1. The molecule has 8 heteroatoms. The van der Waals surface area contributed by atoms with Gasteiger partial charge >= 0.3 is 0 Å². The quantitative estimate of drug-likeness (QED) is 0.253. The lowest BCUT2D eigenvalue weighted by atomic mass is 9.88. The minimum absolute atomic E-state index is 0.641. The maximum absolute atomic E-state index is 11.3. The topological polar surface area (TPSA) is 120 Å². The molecule has 0 bridgehead atoms. The number of ketones is 1. The van der Waals surface area contributed by atoms with Crippen molar-refractivity contribution in [1.29, 1.82) is 0 Å². The molecule has 1 unspecified atom stereocenters. The Morgan fingerprint density at radius 3 is 2.40 bits per heavy atom. The average molecular weight is 233 g/mol. The van der Waals surface area contributed by atoms with Crippen molar-refractivity contribution in [3.05, 3.63) is 23.1 Å². The fraction of sp³-hybridized carbons (Fsp3) is 0.571. The molecule has 0 aromatic carbocycles. The highest BCUT2D eigenvalue weighted by Crippen LogP contribution is 2.28. The molecule has 0 aliphatic rings. The second-order valence-corrected chi connectivity index (χ2v) is 4.84.